The summed E-state index contributed by atoms with van der Waals surface area (Å²) in [7, 11) is 0. The second-order valence-corrected chi connectivity index (χ2v) is 9.50. The lowest BCUT2D eigenvalue weighted by Gasteiger charge is -2.29. The van der Waals surface area contributed by atoms with Crippen LogP contribution in [0, 0.1) is 19.8 Å². The largest absolute Gasteiger partial charge is 0.362 e. The molecule has 3 atom stereocenters. The van der Waals surface area contributed by atoms with Crippen molar-refractivity contribution in [2.24, 2.45) is 5.92 Å². The lowest BCUT2D eigenvalue weighted by Crippen LogP contribution is -2.41. The normalized spacial score (nSPS) is 22.9. The van der Waals surface area contributed by atoms with E-state index in [0.717, 1.165) is 47.4 Å². The lowest BCUT2D eigenvalue weighted by molar-refractivity contribution is 0.311. The molecule has 5 nitrogen and oxygen atoms in total. The van der Waals surface area contributed by atoms with Gasteiger partial charge in [0.2, 0.25) is 5.95 Å². The van der Waals surface area contributed by atoms with Crippen LogP contribution in [0.4, 0.5) is 11.8 Å². The fourth-order valence-electron chi connectivity index (χ4n) is 4.63. The molecule has 0 radical (unpaired) electrons. The summed E-state index contributed by atoms with van der Waals surface area (Å²) in [5, 5.41) is 8.48. The Bertz CT molecular complexity index is 897. The third-order valence-corrected chi connectivity index (χ3v) is 7.19. The zero-order chi connectivity index (χ0) is 21.3. The standard InChI is InChI=1S/C23H31Cl2N5/c1-14-7-8-18(19(24)12-14)15(2)27-22-21(25)16(3)28-23(29-22)30-11-9-17(13-30)20-6-4-5-10-26-20/h7-8,12,15,17,20,26H,4-6,9-11,13H2,1-3H3,(H,27,28,29). The number of aromatic nitrogens is 2. The van der Waals surface area contributed by atoms with Gasteiger partial charge < -0.3 is 15.5 Å². The van der Waals surface area contributed by atoms with Crippen LogP contribution < -0.4 is 15.5 Å². The van der Waals surface area contributed by atoms with Gasteiger partial charge in [-0.1, -0.05) is 41.8 Å². The van der Waals surface area contributed by atoms with E-state index >= 15 is 0 Å². The van der Waals surface area contributed by atoms with Gasteiger partial charge in [0.25, 0.3) is 0 Å². The highest BCUT2D eigenvalue weighted by Crippen LogP contribution is 2.33. The summed E-state index contributed by atoms with van der Waals surface area (Å²) in [4.78, 5) is 11.8. The molecule has 0 bridgehead atoms. The average Bonchev–Trinajstić information content (AvgIpc) is 3.22. The highest BCUT2D eigenvalue weighted by atomic mass is 35.5. The lowest BCUT2D eigenvalue weighted by atomic mass is 9.91. The van der Waals surface area contributed by atoms with Crippen molar-refractivity contribution in [1.29, 1.82) is 0 Å². The van der Waals surface area contributed by atoms with Crippen LogP contribution >= 0.6 is 23.2 Å². The van der Waals surface area contributed by atoms with Gasteiger partial charge in [0.1, 0.15) is 5.02 Å². The van der Waals surface area contributed by atoms with Crippen LogP contribution in [-0.4, -0.2) is 35.6 Å². The number of aryl methyl sites for hydroxylation is 2. The minimum atomic E-state index is -0.0180. The molecule has 7 heteroatoms. The molecule has 4 rings (SSSR count). The van der Waals surface area contributed by atoms with Gasteiger partial charge in [-0.05, 0) is 69.7 Å². The van der Waals surface area contributed by atoms with Crippen LogP contribution in [0.2, 0.25) is 10.0 Å². The molecule has 0 aliphatic carbocycles. The van der Waals surface area contributed by atoms with Crippen molar-refractivity contribution >= 4 is 35.0 Å². The van der Waals surface area contributed by atoms with Crippen LogP contribution in [0.1, 0.15) is 55.5 Å². The summed E-state index contributed by atoms with van der Waals surface area (Å²) in [5.74, 6) is 2.09. The Morgan fingerprint density at radius 1 is 1.17 bits per heavy atom. The zero-order valence-electron chi connectivity index (χ0n) is 18.0. The SMILES string of the molecule is Cc1ccc(C(C)Nc2nc(N3CCC(C4CCCCN4)C3)nc(C)c2Cl)c(Cl)c1. The van der Waals surface area contributed by atoms with Crippen molar-refractivity contribution in [3.05, 3.63) is 45.1 Å². The highest BCUT2D eigenvalue weighted by molar-refractivity contribution is 6.33. The number of rotatable bonds is 5. The Labute approximate surface area is 189 Å². The maximum absolute atomic E-state index is 6.57. The predicted molar refractivity (Wildman–Crippen MR) is 126 cm³/mol. The molecule has 162 valence electrons. The second kappa shape index (κ2) is 9.29. The Hall–Kier alpha value is -1.56. The summed E-state index contributed by atoms with van der Waals surface area (Å²) >= 11 is 13.0. The van der Waals surface area contributed by atoms with Crippen LogP contribution in [0.15, 0.2) is 18.2 Å². The summed E-state index contributed by atoms with van der Waals surface area (Å²) in [6.45, 7) is 9.19. The van der Waals surface area contributed by atoms with Crippen LogP contribution in [-0.2, 0) is 0 Å². The third-order valence-electron chi connectivity index (χ3n) is 6.41. The Balaban J connectivity index is 1.51. The van der Waals surface area contributed by atoms with E-state index in [4.69, 9.17) is 33.2 Å². The third kappa shape index (κ3) is 4.68. The number of piperidine rings is 1. The Morgan fingerprint density at radius 2 is 2.00 bits per heavy atom. The molecule has 1 aromatic heterocycles. The first-order chi connectivity index (χ1) is 14.4. The van der Waals surface area contributed by atoms with E-state index in [9.17, 15) is 0 Å². The fraction of sp³-hybridized carbons (Fsp3) is 0.565. The average molecular weight is 448 g/mol. The van der Waals surface area contributed by atoms with E-state index in [-0.39, 0.29) is 6.04 Å². The van der Waals surface area contributed by atoms with Gasteiger partial charge in [-0.2, -0.15) is 4.98 Å². The van der Waals surface area contributed by atoms with Crippen molar-refractivity contribution in [2.75, 3.05) is 29.9 Å². The van der Waals surface area contributed by atoms with Crippen molar-refractivity contribution in [2.45, 2.75) is 58.5 Å². The van der Waals surface area contributed by atoms with E-state index in [0.29, 0.717) is 22.8 Å². The first-order valence-corrected chi connectivity index (χ1v) is 11.7. The molecular weight excluding hydrogens is 417 g/mol. The predicted octanol–water partition coefficient (Wildman–Crippen LogP) is 5.54. The molecule has 0 spiro atoms. The van der Waals surface area contributed by atoms with E-state index in [2.05, 4.69) is 34.6 Å². The Morgan fingerprint density at radius 3 is 2.73 bits per heavy atom. The van der Waals surface area contributed by atoms with E-state index in [1.165, 1.54) is 25.7 Å². The number of hydrogen-bond acceptors (Lipinski definition) is 5. The van der Waals surface area contributed by atoms with E-state index in [1.54, 1.807) is 0 Å². The number of nitrogens with zero attached hydrogens (tertiary/aromatic N) is 3. The Kier molecular flexibility index (Phi) is 6.71. The highest BCUT2D eigenvalue weighted by Gasteiger charge is 2.32. The minimum Gasteiger partial charge on any atom is -0.362 e. The van der Waals surface area contributed by atoms with Crippen molar-refractivity contribution in [1.82, 2.24) is 15.3 Å². The van der Waals surface area contributed by atoms with Crippen LogP contribution in [0.25, 0.3) is 0 Å². The molecule has 30 heavy (non-hydrogen) atoms. The molecule has 0 saturated carbocycles. The van der Waals surface area contributed by atoms with Crippen LogP contribution in [0.5, 0.6) is 0 Å². The second-order valence-electron chi connectivity index (χ2n) is 8.71. The minimum absolute atomic E-state index is 0.0180. The van der Waals surface area contributed by atoms with Crippen molar-refractivity contribution < 1.29 is 0 Å². The summed E-state index contributed by atoms with van der Waals surface area (Å²) < 4.78 is 0. The summed E-state index contributed by atoms with van der Waals surface area (Å²) in [6, 6.07) is 6.72. The number of halogens is 2. The molecule has 2 N–H and O–H groups in total. The van der Waals surface area contributed by atoms with E-state index < -0.39 is 0 Å². The molecular formula is C23H31Cl2N5. The molecule has 0 amide bonds. The number of anilines is 2. The van der Waals surface area contributed by atoms with Crippen molar-refractivity contribution in [3.63, 3.8) is 0 Å². The van der Waals surface area contributed by atoms with Gasteiger partial charge in [-0.25, -0.2) is 4.98 Å². The van der Waals surface area contributed by atoms with Gasteiger partial charge in [0.05, 0.1) is 11.7 Å². The maximum Gasteiger partial charge on any atom is 0.227 e. The van der Waals surface area contributed by atoms with Gasteiger partial charge in [0, 0.05) is 24.2 Å². The first-order valence-electron chi connectivity index (χ1n) is 11.0. The smallest absolute Gasteiger partial charge is 0.227 e. The van der Waals surface area contributed by atoms with Gasteiger partial charge >= 0.3 is 0 Å². The van der Waals surface area contributed by atoms with Gasteiger partial charge in [0.15, 0.2) is 5.82 Å². The van der Waals surface area contributed by atoms with Gasteiger partial charge in [-0.15, -0.1) is 0 Å². The molecule has 3 heterocycles. The molecule has 2 fully saturated rings. The number of hydrogen-bond donors (Lipinski definition) is 2. The first kappa shape index (κ1) is 21.7. The van der Waals surface area contributed by atoms with Gasteiger partial charge in [-0.3, -0.25) is 0 Å². The molecule has 2 aliphatic heterocycles. The molecule has 3 unspecified atom stereocenters. The summed E-state index contributed by atoms with van der Waals surface area (Å²) in [6.07, 6.45) is 5.09. The van der Waals surface area contributed by atoms with Crippen molar-refractivity contribution in [3.8, 4) is 0 Å². The fourth-order valence-corrected chi connectivity index (χ4v) is 5.16. The monoisotopic (exact) mass is 447 g/mol. The maximum atomic E-state index is 6.57. The quantitative estimate of drug-likeness (QED) is 0.629. The topological polar surface area (TPSA) is 53.1 Å². The van der Waals surface area contributed by atoms with Crippen LogP contribution in [0.3, 0.4) is 0 Å². The molecule has 2 saturated heterocycles. The molecule has 2 aromatic rings. The summed E-state index contributed by atoms with van der Waals surface area (Å²) in [5.41, 5.74) is 2.97. The number of nitrogens with one attached hydrogen (secondary N) is 2. The zero-order valence-corrected chi connectivity index (χ0v) is 19.5. The number of benzene rings is 1. The van der Waals surface area contributed by atoms with E-state index in [1.807, 2.05) is 19.9 Å². The molecule has 1 aromatic carbocycles. The molecule has 2 aliphatic rings.